The van der Waals surface area contributed by atoms with Gasteiger partial charge in [0.1, 0.15) is 0 Å². The molecule has 1 saturated heterocycles. The molecule has 0 aliphatic carbocycles. The summed E-state index contributed by atoms with van der Waals surface area (Å²) in [6.45, 7) is 8.22. The predicted molar refractivity (Wildman–Crippen MR) is 83.0 cm³/mol. The lowest BCUT2D eigenvalue weighted by Crippen LogP contribution is -2.56. The highest BCUT2D eigenvalue weighted by Gasteiger charge is 2.38. The number of halogens is 3. The fourth-order valence-corrected chi connectivity index (χ4v) is 1.79. The van der Waals surface area contributed by atoms with Crippen LogP contribution in [0.25, 0.3) is 0 Å². The molecule has 0 radical (unpaired) electrons. The smallest absolute Gasteiger partial charge is 0.475 e. The first-order chi connectivity index (χ1) is 10.9. The molecule has 1 heterocycles. The van der Waals surface area contributed by atoms with E-state index in [1.807, 2.05) is 18.2 Å². The molecule has 0 bridgehead atoms. The molecule has 24 heavy (non-hydrogen) atoms. The van der Waals surface area contributed by atoms with Gasteiger partial charge in [-0.1, -0.05) is 32.9 Å². The molecule has 0 aromatic heterocycles. The average Bonchev–Trinajstić information content (AvgIpc) is 2.41. The zero-order valence-corrected chi connectivity index (χ0v) is 13.7. The Kier molecular flexibility index (Phi) is 6.36. The third kappa shape index (κ3) is 6.19. The van der Waals surface area contributed by atoms with Gasteiger partial charge in [0.05, 0.1) is 6.04 Å². The number of hydrogen-bond donors (Lipinski definition) is 3. The predicted octanol–water partition coefficient (Wildman–Crippen LogP) is 2.32. The van der Waals surface area contributed by atoms with Crippen molar-refractivity contribution in [2.24, 2.45) is 0 Å². The molecule has 1 aliphatic heterocycles. The first kappa shape index (κ1) is 20.0. The minimum Gasteiger partial charge on any atom is -0.475 e. The third-order valence-electron chi connectivity index (χ3n) is 3.35. The van der Waals surface area contributed by atoms with E-state index in [9.17, 15) is 18.0 Å². The maximum atomic E-state index is 12.0. The summed E-state index contributed by atoms with van der Waals surface area (Å²) < 4.78 is 31.7. The minimum absolute atomic E-state index is 0.0302. The summed E-state index contributed by atoms with van der Waals surface area (Å²) in [5, 5.41) is 13.3. The summed E-state index contributed by atoms with van der Waals surface area (Å²) in [7, 11) is 0. The number of hydrogen-bond acceptors (Lipinski definition) is 3. The number of carboxylic acid groups (broad SMARTS) is 1. The second-order valence-corrected chi connectivity index (χ2v) is 6.46. The van der Waals surface area contributed by atoms with E-state index in [4.69, 9.17) is 9.90 Å². The molecule has 0 unspecified atom stereocenters. The van der Waals surface area contributed by atoms with E-state index in [-0.39, 0.29) is 11.3 Å². The van der Waals surface area contributed by atoms with Crippen molar-refractivity contribution in [3.8, 4) is 0 Å². The van der Waals surface area contributed by atoms with E-state index in [1.165, 1.54) is 5.56 Å². The van der Waals surface area contributed by atoms with Gasteiger partial charge in [-0.3, -0.25) is 4.79 Å². The molecule has 0 saturated carbocycles. The standard InChI is InChI=1S/C14H20N2O.C2HF3O2/c1-14(2,3)11-6-4-5-10(7-11)13(17)16-12-8-15-9-12;3-2(4,5)1(6)7/h4-7,12,15H,8-9H2,1-3H3,(H,16,17);(H,6,7). The van der Waals surface area contributed by atoms with Crippen molar-refractivity contribution in [3.05, 3.63) is 35.4 Å². The van der Waals surface area contributed by atoms with Crippen LogP contribution in [-0.4, -0.2) is 42.3 Å². The van der Waals surface area contributed by atoms with Crippen molar-refractivity contribution in [1.29, 1.82) is 0 Å². The highest BCUT2D eigenvalue weighted by Crippen LogP contribution is 2.22. The van der Waals surface area contributed by atoms with Gasteiger partial charge in [0, 0.05) is 18.7 Å². The quantitative estimate of drug-likeness (QED) is 0.768. The van der Waals surface area contributed by atoms with Crippen LogP contribution in [0.3, 0.4) is 0 Å². The van der Waals surface area contributed by atoms with Crippen molar-refractivity contribution in [2.75, 3.05) is 13.1 Å². The number of carbonyl (C=O) groups excluding carboxylic acids is 1. The lowest BCUT2D eigenvalue weighted by molar-refractivity contribution is -0.192. The van der Waals surface area contributed by atoms with E-state index >= 15 is 0 Å². The van der Waals surface area contributed by atoms with E-state index in [2.05, 4.69) is 37.5 Å². The Balaban J connectivity index is 0.000000351. The molecule has 1 aromatic carbocycles. The number of aliphatic carboxylic acids is 1. The highest BCUT2D eigenvalue weighted by atomic mass is 19.4. The van der Waals surface area contributed by atoms with Crippen LogP contribution in [0.5, 0.6) is 0 Å². The maximum absolute atomic E-state index is 12.0. The summed E-state index contributed by atoms with van der Waals surface area (Å²) in [6.07, 6.45) is -5.08. The van der Waals surface area contributed by atoms with E-state index in [1.54, 1.807) is 0 Å². The summed E-state index contributed by atoms with van der Waals surface area (Å²) in [4.78, 5) is 20.9. The number of carbonyl (C=O) groups is 2. The monoisotopic (exact) mass is 346 g/mol. The molecule has 3 N–H and O–H groups in total. The first-order valence-corrected chi connectivity index (χ1v) is 7.33. The summed E-state index contributed by atoms with van der Waals surface area (Å²) in [5.74, 6) is -2.73. The van der Waals surface area contributed by atoms with Gasteiger partial charge >= 0.3 is 12.1 Å². The van der Waals surface area contributed by atoms with Crippen LogP contribution in [0.1, 0.15) is 36.7 Å². The molecule has 8 heteroatoms. The van der Waals surface area contributed by atoms with Gasteiger partial charge in [0.25, 0.3) is 5.91 Å². The lowest BCUT2D eigenvalue weighted by Gasteiger charge is -2.28. The van der Waals surface area contributed by atoms with Crippen molar-refractivity contribution >= 4 is 11.9 Å². The van der Waals surface area contributed by atoms with Crippen LogP contribution in [0.4, 0.5) is 13.2 Å². The Morgan fingerprint density at radius 2 is 1.75 bits per heavy atom. The van der Waals surface area contributed by atoms with Gasteiger partial charge in [-0.15, -0.1) is 0 Å². The zero-order valence-electron chi connectivity index (χ0n) is 13.7. The van der Waals surface area contributed by atoms with E-state index in [0.717, 1.165) is 18.7 Å². The number of benzene rings is 1. The van der Waals surface area contributed by atoms with Gasteiger partial charge in [0.2, 0.25) is 0 Å². The number of rotatable bonds is 2. The Labute approximate surface area is 138 Å². The van der Waals surface area contributed by atoms with Gasteiger partial charge < -0.3 is 15.7 Å². The molecule has 1 aliphatic rings. The van der Waals surface area contributed by atoms with Gasteiger partial charge in [-0.2, -0.15) is 13.2 Å². The molecule has 2 rings (SSSR count). The van der Waals surface area contributed by atoms with Crippen LogP contribution in [0, 0.1) is 0 Å². The van der Waals surface area contributed by atoms with E-state index < -0.39 is 12.1 Å². The number of nitrogens with one attached hydrogen (secondary N) is 2. The largest absolute Gasteiger partial charge is 0.490 e. The normalized spacial score (nSPS) is 14.9. The van der Waals surface area contributed by atoms with Gasteiger partial charge in [-0.05, 0) is 23.1 Å². The number of alkyl halides is 3. The average molecular weight is 346 g/mol. The van der Waals surface area contributed by atoms with Gasteiger partial charge in [0.15, 0.2) is 0 Å². The fraction of sp³-hybridized carbons (Fsp3) is 0.500. The van der Waals surface area contributed by atoms with Crippen LogP contribution >= 0.6 is 0 Å². The summed E-state index contributed by atoms with van der Waals surface area (Å²) >= 11 is 0. The molecule has 134 valence electrons. The second-order valence-electron chi connectivity index (χ2n) is 6.46. The Hall–Kier alpha value is -2.09. The SMILES string of the molecule is CC(C)(C)c1cccc(C(=O)NC2CNC2)c1.O=C(O)C(F)(F)F. The van der Waals surface area contributed by atoms with Crippen LogP contribution in [-0.2, 0) is 10.2 Å². The van der Waals surface area contributed by atoms with Gasteiger partial charge in [-0.25, -0.2) is 4.79 Å². The van der Waals surface area contributed by atoms with Crippen molar-refractivity contribution in [3.63, 3.8) is 0 Å². The molecule has 1 amide bonds. The lowest BCUT2D eigenvalue weighted by atomic mass is 9.86. The third-order valence-corrected chi connectivity index (χ3v) is 3.35. The molecule has 1 aromatic rings. The van der Waals surface area contributed by atoms with Crippen molar-refractivity contribution in [2.45, 2.75) is 38.4 Å². The molecule has 0 spiro atoms. The zero-order chi connectivity index (χ0) is 18.5. The Bertz CT molecular complexity index is 591. The maximum Gasteiger partial charge on any atom is 0.490 e. The Morgan fingerprint density at radius 3 is 2.12 bits per heavy atom. The first-order valence-electron chi connectivity index (χ1n) is 7.33. The molecule has 1 fully saturated rings. The molecular weight excluding hydrogens is 325 g/mol. The summed E-state index contributed by atoms with van der Waals surface area (Å²) in [5.41, 5.74) is 2.02. The number of amides is 1. The topological polar surface area (TPSA) is 78.4 Å². The van der Waals surface area contributed by atoms with Crippen molar-refractivity contribution in [1.82, 2.24) is 10.6 Å². The molecule has 0 atom stereocenters. The fourth-order valence-electron chi connectivity index (χ4n) is 1.79. The van der Waals surface area contributed by atoms with Crippen LogP contribution in [0.15, 0.2) is 24.3 Å². The van der Waals surface area contributed by atoms with Crippen LogP contribution in [0.2, 0.25) is 0 Å². The molecular formula is C16H21F3N2O3. The molecule has 5 nitrogen and oxygen atoms in total. The number of carboxylic acids is 1. The van der Waals surface area contributed by atoms with Crippen molar-refractivity contribution < 1.29 is 27.9 Å². The Morgan fingerprint density at radius 1 is 1.21 bits per heavy atom. The highest BCUT2D eigenvalue weighted by molar-refractivity contribution is 5.94. The summed E-state index contributed by atoms with van der Waals surface area (Å²) in [6, 6.07) is 8.18. The second kappa shape index (κ2) is 7.65. The van der Waals surface area contributed by atoms with Crippen LogP contribution < -0.4 is 10.6 Å². The minimum atomic E-state index is -5.08. The van der Waals surface area contributed by atoms with E-state index in [0.29, 0.717) is 6.04 Å².